The quantitative estimate of drug-likeness (QED) is 0.650. The maximum atomic E-state index is 14.0. The number of nitrogens with one attached hydrogen (secondary N) is 2. The Kier molecular flexibility index (Phi) is 4.14. The van der Waals surface area contributed by atoms with Crippen LogP contribution >= 0.6 is 0 Å². The van der Waals surface area contributed by atoms with Crippen LogP contribution in [0.4, 0.5) is 27.1 Å². The second-order valence-corrected chi connectivity index (χ2v) is 5.35. The molecule has 0 spiro atoms. The van der Waals surface area contributed by atoms with E-state index in [0.717, 1.165) is 6.07 Å². The minimum absolute atomic E-state index is 0.0711. The van der Waals surface area contributed by atoms with Gasteiger partial charge in [0.05, 0.1) is 17.7 Å². The zero-order valence-electron chi connectivity index (χ0n) is 13.3. The number of carbonyl (C=O) groups is 1. The van der Waals surface area contributed by atoms with Crippen molar-refractivity contribution in [2.45, 2.75) is 13.0 Å². The van der Waals surface area contributed by atoms with E-state index in [4.69, 9.17) is 9.47 Å². The SMILES string of the molecule is COc1cc(F)c([N+](=O)[O-])c(Nc2ccc3c(c2)NC(=O)C(C)O3)c1. The molecule has 1 aliphatic heterocycles. The van der Waals surface area contributed by atoms with E-state index in [-0.39, 0.29) is 17.3 Å². The third kappa shape index (κ3) is 3.16. The Hall–Kier alpha value is -3.36. The number of fused-ring (bicyclic) bond motifs is 1. The van der Waals surface area contributed by atoms with Crippen molar-refractivity contribution < 1.29 is 23.6 Å². The van der Waals surface area contributed by atoms with Crippen LogP contribution in [-0.2, 0) is 4.79 Å². The molecule has 8 nitrogen and oxygen atoms in total. The van der Waals surface area contributed by atoms with E-state index in [2.05, 4.69) is 10.6 Å². The Morgan fingerprint density at radius 3 is 2.80 bits per heavy atom. The summed E-state index contributed by atoms with van der Waals surface area (Å²) in [7, 11) is 1.33. The van der Waals surface area contributed by atoms with Crippen LogP contribution in [0.1, 0.15) is 6.92 Å². The molecule has 0 saturated carbocycles. The zero-order chi connectivity index (χ0) is 18.1. The number of anilines is 3. The number of carbonyl (C=O) groups excluding carboxylic acids is 1. The van der Waals surface area contributed by atoms with E-state index in [9.17, 15) is 19.3 Å². The van der Waals surface area contributed by atoms with Gasteiger partial charge in [-0.3, -0.25) is 14.9 Å². The molecule has 1 heterocycles. The largest absolute Gasteiger partial charge is 0.497 e. The highest BCUT2D eigenvalue weighted by atomic mass is 19.1. The molecule has 0 radical (unpaired) electrons. The molecule has 9 heteroatoms. The highest BCUT2D eigenvalue weighted by Crippen LogP contribution is 2.37. The van der Waals surface area contributed by atoms with Gasteiger partial charge in [0.15, 0.2) is 6.10 Å². The van der Waals surface area contributed by atoms with E-state index >= 15 is 0 Å². The number of halogens is 1. The summed E-state index contributed by atoms with van der Waals surface area (Å²) in [6.45, 7) is 1.62. The van der Waals surface area contributed by atoms with Crippen LogP contribution in [0, 0.1) is 15.9 Å². The van der Waals surface area contributed by atoms with Crippen molar-refractivity contribution in [1.82, 2.24) is 0 Å². The molecule has 1 amide bonds. The summed E-state index contributed by atoms with van der Waals surface area (Å²) >= 11 is 0. The molecule has 2 aromatic carbocycles. The lowest BCUT2D eigenvalue weighted by Gasteiger charge is -2.23. The number of nitrogens with zero attached hydrogens (tertiary/aromatic N) is 1. The summed E-state index contributed by atoms with van der Waals surface area (Å²) in [5.74, 6) is -0.712. The highest BCUT2D eigenvalue weighted by Gasteiger charge is 2.25. The minimum Gasteiger partial charge on any atom is -0.497 e. The van der Waals surface area contributed by atoms with Crippen molar-refractivity contribution in [3.63, 3.8) is 0 Å². The van der Waals surface area contributed by atoms with Crippen molar-refractivity contribution in [3.05, 3.63) is 46.3 Å². The van der Waals surface area contributed by atoms with Crippen LogP contribution < -0.4 is 20.1 Å². The van der Waals surface area contributed by atoms with Gasteiger partial charge < -0.3 is 20.1 Å². The van der Waals surface area contributed by atoms with E-state index in [1.807, 2.05) is 0 Å². The fourth-order valence-electron chi connectivity index (χ4n) is 2.41. The third-order valence-corrected chi connectivity index (χ3v) is 3.64. The summed E-state index contributed by atoms with van der Waals surface area (Å²) in [5.41, 5.74) is 0.0535. The number of hydrogen-bond donors (Lipinski definition) is 2. The van der Waals surface area contributed by atoms with Crippen molar-refractivity contribution in [1.29, 1.82) is 0 Å². The number of amides is 1. The number of rotatable bonds is 4. The maximum absolute atomic E-state index is 14.0. The molecular weight excluding hydrogens is 333 g/mol. The van der Waals surface area contributed by atoms with Crippen molar-refractivity contribution in [2.24, 2.45) is 0 Å². The molecule has 2 aromatic rings. The van der Waals surface area contributed by atoms with E-state index in [1.165, 1.54) is 13.2 Å². The second kappa shape index (κ2) is 6.27. The van der Waals surface area contributed by atoms with Crippen LogP contribution in [0.3, 0.4) is 0 Å². The topological polar surface area (TPSA) is 103 Å². The van der Waals surface area contributed by atoms with Gasteiger partial charge >= 0.3 is 5.69 Å². The summed E-state index contributed by atoms with van der Waals surface area (Å²) in [5, 5.41) is 16.6. The van der Waals surface area contributed by atoms with Crippen LogP contribution in [0.15, 0.2) is 30.3 Å². The van der Waals surface area contributed by atoms with Crippen LogP contribution in [0.5, 0.6) is 11.5 Å². The molecular formula is C16H14FN3O5. The van der Waals surface area contributed by atoms with Gasteiger partial charge in [0.25, 0.3) is 5.91 Å². The van der Waals surface area contributed by atoms with Gasteiger partial charge in [0.1, 0.15) is 17.2 Å². The molecule has 0 aliphatic carbocycles. The zero-order valence-corrected chi connectivity index (χ0v) is 13.3. The highest BCUT2D eigenvalue weighted by molar-refractivity contribution is 5.98. The first kappa shape index (κ1) is 16.5. The first-order valence-corrected chi connectivity index (χ1v) is 7.29. The average molecular weight is 347 g/mol. The van der Waals surface area contributed by atoms with Gasteiger partial charge in [-0.1, -0.05) is 0 Å². The number of nitro groups is 1. The molecule has 0 saturated heterocycles. The van der Waals surface area contributed by atoms with Gasteiger partial charge in [-0.15, -0.1) is 0 Å². The number of hydrogen-bond acceptors (Lipinski definition) is 6. The monoisotopic (exact) mass is 347 g/mol. The minimum atomic E-state index is -1.02. The van der Waals surface area contributed by atoms with Gasteiger partial charge in [-0.25, -0.2) is 0 Å². The molecule has 25 heavy (non-hydrogen) atoms. The number of methoxy groups -OCH3 is 1. The normalized spacial score (nSPS) is 15.6. The maximum Gasteiger partial charge on any atom is 0.328 e. The van der Waals surface area contributed by atoms with Crippen LogP contribution in [-0.4, -0.2) is 24.0 Å². The van der Waals surface area contributed by atoms with Gasteiger partial charge in [0, 0.05) is 17.8 Å². The molecule has 0 aromatic heterocycles. The standard InChI is InChI=1S/C16H14FN3O5/c1-8-16(21)19-12-5-9(3-4-14(12)25-8)18-13-7-10(24-2)6-11(17)15(13)20(22)23/h3-8,18H,1-2H3,(H,19,21). The first-order chi connectivity index (χ1) is 11.9. The van der Waals surface area contributed by atoms with Crippen molar-refractivity contribution in [2.75, 3.05) is 17.7 Å². The Balaban J connectivity index is 1.98. The first-order valence-electron chi connectivity index (χ1n) is 7.29. The lowest BCUT2D eigenvalue weighted by Crippen LogP contribution is -2.34. The lowest BCUT2D eigenvalue weighted by molar-refractivity contribution is -0.386. The van der Waals surface area contributed by atoms with Crippen molar-refractivity contribution in [3.8, 4) is 11.5 Å². The second-order valence-electron chi connectivity index (χ2n) is 5.35. The molecule has 0 bridgehead atoms. The molecule has 1 unspecified atom stereocenters. The fraction of sp³-hybridized carbons (Fsp3) is 0.188. The van der Waals surface area contributed by atoms with E-state index < -0.39 is 22.5 Å². The van der Waals surface area contributed by atoms with Gasteiger partial charge in [-0.2, -0.15) is 4.39 Å². The Morgan fingerprint density at radius 2 is 2.12 bits per heavy atom. The summed E-state index contributed by atoms with van der Waals surface area (Å²) in [6.07, 6.45) is -0.611. The Bertz CT molecular complexity index is 871. The van der Waals surface area contributed by atoms with Crippen LogP contribution in [0.2, 0.25) is 0 Å². The predicted octanol–water partition coefficient (Wildman–Crippen LogP) is 3.21. The van der Waals surface area contributed by atoms with Crippen molar-refractivity contribution >= 4 is 28.7 Å². The number of benzene rings is 2. The molecule has 1 atom stereocenters. The number of ether oxygens (including phenoxy) is 2. The summed E-state index contributed by atoms with van der Waals surface area (Å²) in [4.78, 5) is 22.0. The van der Waals surface area contributed by atoms with Gasteiger partial charge in [0.2, 0.25) is 5.82 Å². The fourth-order valence-corrected chi connectivity index (χ4v) is 2.41. The van der Waals surface area contributed by atoms with E-state index in [0.29, 0.717) is 17.1 Å². The lowest BCUT2D eigenvalue weighted by atomic mass is 10.2. The third-order valence-electron chi connectivity index (χ3n) is 3.64. The predicted molar refractivity (Wildman–Crippen MR) is 88.1 cm³/mol. The summed E-state index contributed by atoms with van der Waals surface area (Å²) < 4.78 is 24.4. The molecule has 2 N–H and O–H groups in total. The average Bonchev–Trinajstić information content (AvgIpc) is 2.55. The summed E-state index contributed by atoms with van der Waals surface area (Å²) in [6, 6.07) is 7.00. The Labute approximate surface area is 141 Å². The Morgan fingerprint density at radius 1 is 1.36 bits per heavy atom. The molecule has 130 valence electrons. The van der Waals surface area contributed by atoms with Crippen LogP contribution in [0.25, 0.3) is 0 Å². The molecule has 1 aliphatic rings. The molecule has 3 rings (SSSR count). The smallest absolute Gasteiger partial charge is 0.328 e. The molecule has 0 fully saturated rings. The van der Waals surface area contributed by atoms with Gasteiger partial charge in [-0.05, 0) is 25.1 Å². The van der Waals surface area contributed by atoms with E-state index in [1.54, 1.807) is 25.1 Å². The number of nitro benzene ring substituents is 1.